The molecule has 0 amide bonds. The van der Waals surface area contributed by atoms with Crippen molar-refractivity contribution in [2.24, 2.45) is 4.99 Å². The van der Waals surface area contributed by atoms with E-state index in [2.05, 4.69) is 4.99 Å². The van der Waals surface area contributed by atoms with E-state index in [9.17, 15) is 4.39 Å². The Morgan fingerprint density at radius 3 is 2.94 bits per heavy atom. The molecule has 1 aromatic carbocycles. The Balaban J connectivity index is 2.10. The molecule has 0 saturated heterocycles. The summed E-state index contributed by atoms with van der Waals surface area (Å²) >= 11 is 0. The number of ether oxygens (including phenoxy) is 1. The lowest BCUT2D eigenvalue weighted by Crippen LogP contribution is -2.32. The number of anilines is 1. The number of nitrogens with zero attached hydrogens (tertiary/aromatic N) is 2. The number of likely N-dealkylation sites (N-methyl/N-ethyl adjacent to an activating group) is 1. The molecule has 0 bridgehead atoms. The zero-order valence-electron chi connectivity index (χ0n) is 9.27. The van der Waals surface area contributed by atoms with Gasteiger partial charge in [0.05, 0.1) is 5.69 Å². The zero-order valence-corrected chi connectivity index (χ0v) is 9.27. The molecule has 0 aliphatic carbocycles. The van der Waals surface area contributed by atoms with Crippen molar-refractivity contribution in [3.63, 3.8) is 0 Å². The van der Waals surface area contributed by atoms with Gasteiger partial charge in [-0.2, -0.15) is 0 Å². The van der Waals surface area contributed by atoms with Crippen molar-refractivity contribution in [1.29, 1.82) is 0 Å². The number of aliphatic imine (C=N–C) groups is 1. The largest absolute Gasteiger partial charge is 0.481 e. The lowest BCUT2D eigenvalue weighted by Gasteiger charge is -2.25. The molecular weight excluding hydrogens is 207 g/mol. The van der Waals surface area contributed by atoms with Gasteiger partial charge >= 0.3 is 0 Å². The summed E-state index contributed by atoms with van der Waals surface area (Å²) in [5, 5.41) is 0. The van der Waals surface area contributed by atoms with E-state index in [0.717, 1.165) is 6.54 Å². The molecule has 3 nitrogen and oxygen atoms in total. The van der Waals surface area contributed by atoms with Crippen LogP contribution in [0.3, 0.4) is 0 Å². The predicted molar refractivity (Wildman–Crippen MR) is 62.5 cm³/mol. The van der Waals surface area contributed by atoms with Gasteiger partial charge in [0.1, 0.15) is 18.5 Å². The third kappa shape index (κ3) is 2.32. The second kappa shape index (κ2) is 4.96. The van der Waals surface area contributed by atoms with E-state index in [1.807, 2.05) is 17.9 Å². The van der Waals surface area contributed by atoms with Gasteiger partial charge in [0, 0.05) is 13.1 Å². The van der Waals surface area contributed by atoms with Crippen LogP contribution in [0.1, 0.15) is 6.92 Å². The molecule has 4 heteroatoms. The fourth-order valence-electron chi connectivity index (χ4n) is 1.79. The Morgan fingerprint density at radius 1 is 1.50 bits per heavy atom. The molecular formula is C12H15FN2O. The first-order valence-electron chi connectivity index (χ1n) is 5.44. The van der Waals surface area contributed by atoms with E-state index in [1.165, 1.54) is 12.5 Å². The van der Waals surface area contributed by atoms with Crippen molar-refractivity contribution >= 4 is 12.1 Å². The van der Waals surface area contributed by atoms with E-state index in [1.54, 1.807) is 12.1 Å². The van der Waals surface area contributed by atoms with Crippen molar-refractivity contribution in [2.45, 2.75) is 13.0 Å². The first-order valence-corrected chi connectivity index (χ1v) is 5.44. The summed E-state index contributed by atoms with van der Waals surface area (Å²) in [7, 11) is 0. The minimum absolute atomic E-state index is 0.111. The van der Waals surface area contributed by atoms with Crippen LogP contribution in [-0.4, -0.2) is 32.1 Å². The Kier molecular flexibility index (Phi) is 3.39. The number of rotatable bonds is 4. The molecule has 2 rings (SSSR count). The van der Waals surface area contributed by atoms with Crippen LogP contribution in [0, 0.1) is 5.82 Å². The average molecular weight is 222 g/mol. The Labute approximate surface area is 94.5 Å². The molecule has 0 saturated carbocycles. The molecule has 0 radical (unpaired) electrons. The normalized spacial score (nSPS) is 18.5. The zero-order chi connectivity index (χ0) is 11.4. The molecule has 1 aliphatic heterocycles. The maximum Gasteiger partial charge on any atom is 0.169 e. The Morgan fingerprint density at radius 2 is 2.31 bits per heavy atom. The van der Waals surface area contributed by atoms with Crippen molar-refractivity contribution < 1.29 is 9.13 Å². The van der Waals surface area contributed by atoms with Crippen molar-refractivity contribution in [1.82, 2.24) is 0 Å². The molecule has 16 heavy (non-hydrogen) atoms. The van der Waals surface area contributed by atoms with E-state index in [0.29, 0.717) is 18.8 Å². The molecule has 1 atom stereocenters. The van der Waals surface area contributed by atoms with Crippen LogP contribution in [0.4, 0.5) is 10.1 Å². The third-order valence-corrected chi connectivity index (χ3v) is 2.64. The molecule has 1 aliphatic rings. The maximum absolute atomic E-state index is 13.6. The van der Waals surface area contributed by atoms with E-state index < -0.39 is 0 Å². The second-order valence-electron chi connectivity index (χ2n) is 3.73. The summed E-state index contributed by atoms with van der Waals surface area (Å²) in [4.78, 5) is 6.15. The van der Waals surface area contributed by atoms with Gasteiger partial charge in [-0.1, -0.05) is 12.1 Å². The van der Waals surface area contributed by atoms with E-state index in [-0.39, 0.29) is 11.9 Å². The molecule has 0 N–H and O–H groups in total. The third-order valence-electron chi connectivity index (χ3n) is 2.64. The van der Waals surface area contributed by atoms with Crippen LogP contribution >= 0.6 is 0 Å². The molecule has 0 spiro atoms. The average Bonchev–Trinajstić information content (AvgIpc) is 2.80. The SMILES string of the molecule is CCN(CC1COC=N1)c1ccccc1F. The number of benzene rings is 1. The van der Waals surface area contributed by atoms with Gasteiger partial charge in [0.2, 0.25) is 0 Å². The molecule has 0 fully saturated rings. The lowest BCUT2D eigenvalue weighted by atomic mass is 10.2. The Hall–Kier alpha value is -1.58. The highest BCUT2D eigenvalue weighted by molar-refractivity contribution is 5.51. The van der Waals surface area contributed by atoms with Crippen LogP contribution < -0.4 is 4.90 Å². The van der Waals surface area contributed by atoms with Crippen LogP contribution in [0.2, 0.25) is 0 Å². The summed E-state index contributed by atoms with van der Waals surface area (Å²) in [6.45, 7) is 4.04. The number of hydrogen-bond acceptors (Lipinski definition) is 3. The first-order chi connectivity index (χ1) is 7.81. The second-order valence-corrected chi connectivity index (χ2v) is 3.73. The summed E-state index contributed by atoms with van der Waals surface area (Å²) in [5.41, 5.74) is 0.632. The summed E-state index contributed by atoms with van der Waals surface area (Å²) in [5.74, 6) is -0.188. The first kappa shape index (κ1) is 10.9. The van der Waals surface area contributed by atoms with E-state index in [4.69, 9.17) is 4.74 Å². The highest BCUT2D eigenvalue weighted by Crippen LogP contribution is 2.19. The molecule has 1 aromatic rings. The molecule has 86 valence electrons. The van der Waals surface area contributed by atoms with Crippen molar-refractivity contribution in [3.05, 3.63) is 30.1 Å². The van der Waals surface area contributed by atoms with Gasteiger partial charge in [-0.05, 0) is 19.1 Å². The smallest absolute Gasteiger partial charge is 0.169 e. The number of hydrogen-bond donors (Lipinski definition) is 0. The molecule has 1 heterocycles. The fraction of sp³-hybridized carbons (Fsp3) is 0.417. The van der Waals surface area contributed by atoms with Gasteiger partial charge in [-0.25, -0.2) is 9.38 Å². The van der Waals surface area contributed by atoms with E-state index >= 15 is 0 Å². The van der Waals surface area contributed by atoms with Gasteiger partial charge in [0.25, 0.3) is 0 Å². The van der Waals surface area contributed by atoms with Crippen LogP contribution in [0.15, 0.2) is 29.3 Å². The lowest BCUT2D eigenvalue weighted by molar-refractivity contribution is 0.328. The topological polar surface area (TPSA) is 24.8 Å². The minimum Gasteiger partial charge on any atom is -0.481 e. The fourth-order valence-corrected chi connectivity index (χ4v) is 1.79. The highest BCUT2D eigenvalue weighted by Gasteiger charge is 2.17. The van der Waals surface area contributed by atoms with Gasteiger partial charge in [-0.15, -0.1) is 0 Å². The molecule has 0 aromatic heterocycles. The summed E-state index contributed by atoms with van der Waals surface area (Å²) < 4.78 is 18.6. The van der Waals surface area contributed by atoms with Crippen molar-refractivity contribution in [3.8, 4) is 0 Å². The van der Waals surface area contributed by atoms with Crippen LogP contribution in [0.25, 0.3) is 0 Å². The highest BCUT2D eigenvalue weighted by atomic mass is 19.1. The quantitative estimate of drug-likeness (QED) is 0.779. The monoisotopic (exact) mass is 222 g/mol. The minimum atomic E-state index is -0.188. The van der Waals surface area contributed by atoms with Gasteiger partial charge in [0.15, 0.2) is 6.40 Å². The number of halogens is 1. The Bertz CT molecular complexity index is 381. The van der Waals surface area contributed by atoms with Gasteiger partial charge in [-0.3, -0.25) is 0 Å². The van der Waals surface area contributed by atoms with Crippen LogP contribution in [-0.2, 0) is 4.74 Å². The van der Waals surface area contributed by atoms with Crippen LogP contribution in [0.5, 0.6) is 0 Å². The van der Waals surface area contributed by atoms with Gasteiger partial charge < -0.3 is 9.64 Å². The summed E-state index contributed by atoms with van der Waals surface area (Å²) in [6, 6.07) is 6.92. The summed E-state index contributed by atoms with van der Waals surface area (Å²) in [6.07, 6.45) is 1.47. The standard InChI is InChI=1S/C12H15FN2O/c1-2-15(7-10-8-16-9-14-10)12-6-4-3-5-11(12)13/h3-6,9-10H,2,7-8H2,1H3. The predicted octanol–water partition coefficient (Wildman–Crippen LogP) is 2.08. The molecule has 1 unspecified atom stereocenters. The van der Waals surface area contributed by atoms with Crippen molar-refractivity contribution in [2.75, 3.05) is 24.6 Å². The maximum atomic E-state index is 13.6. The number of para-hydroxylation sites is 1.